The van der Waals surface area contributed by atoms with Crippen LogP contribution in [-0.4, -0.2) is 11.1 Å². The van der Waals surface area contributed by atoms with E-state index >= 15 is 0 Å². The quantitative estimate of drug-likeness (QED) is 0.683. The Labute approximate surface area is 68.9 Å². The molecule has 1 radical (unpaired) electrons. The van der Waals surface area contributed by atoms with Crippen molar-refractivity contribution < 1.29 is 9.90 Å². The molecule has 1 N–H and O–H groups in total. The van der Waals surface area contributed by atoms with E-state index in [2.05, 4.69) is 13.8 Å². The molecule has 65 valence electrons. The van der Waals surface area contributed by atoms with Gasteiger partial charge in [-0.25, -0.2) is 0 Å². The van der Waals surface area contributed by atoms with Gasteiger partial charge in [0.2, 0.25) is 0 Å². The summed E-state index contributed by atoms with van der Waals surface area (Å²) in [5.74, 6) is -0.0278. The molecule has 0 spiro atoms. The van der Waals surface area contributed by atoms with Crippen LogP contribution in [0.5, 0.6) is 0 Å². The van der Waals surface area contributed by atoms with Crippen molar-refractivity contribution in [1.82, 2.24) is 0 Å². The highest BCUT2D eigenvalue weighted by atomic mass is 16.4. The number of hydrogen-bond acceptors (Lipinski definition) is 1. The van der Waals surface area contributed by atoms with E-state index in [0.29, 0.717) is 0 Å². The highest BCUT2D eigenvalue weighted by molar-refractivity contribution is 5.66. The summed E-state index contributed by atoms with van der Waals surface area (Å²) < 4.78 is 0. The molecule has 0 saturated carbocycles. The lowest BCUT2D eigenvalue weighted by atomic mass is 10.1. The van der Waals surface area contributed by atoms with E-state index in [4.69, 9.17) is 11.7 Å². The third-order valence-electron chi connectivity index (χ3n) is 0.910. The first-order valence-electron chi connectivity index (χ1n) is 3.79. The topological polar surface area (TPSA) is 37.3 Å². The molecule has 0 aromatic carbocycles. The van der Waals surface area contributed by atoms with E-state index in [-0.39, 0.29) is 6.42 Å². The summed E-state index contributed by atoms with van der Waals surface area (Å²) in [5, 5.41) is 7.72. The smallest absolute Gasteiger partial charge is 0.303 e. The van der Waals surface area contributed by atoms with Crippen molar-refractivity contribution in [1.29, 1.82) is 0 Å². The molecule has 0 aromatic heterocycles. The third-order valence-corrected chi connectivity index (χ3v) is 0.910. The molecule has 0 fully saturated rings. The minimum atomic E-state index is -0.745. The van der Waals surface area contributed by atoms with Crippen LogP contribution >= 0.6 is 0 Å². The van der Waals surface area contributed by atoms with Crippen LogP contribution in [0.15, 0.2) is 6.08 Å². The number of hydrogen-bond donors (Lipinski definition) is 1. The fourth-order valence-electron chi connectivity index (χ4n) is 0.272. The van der Waals surface area contributed by atoms with Crippen LogP contribution in [0.2, 0.25) is 0 Å². The molecule has 11 heavy (non-hydrogen) atoms. The largest absolute Gasteiger partial charge is 0.481 e. The predicted octanol–water partition coefficient (Wildman–Crippen LogP) is 2.50. The van der Waals surface area contributed by atoms with E-state index in [0.717, 1.165) is 12.3 Å². The van der Waals surface area contributed by atoms with Gasteiger partial charge in [-0.15, -0.1) is 0 Å². The summed E-state index contributed by atoms with van der Waals surface area (Å²) in [6.07, 6.45) is 2.95. The maximum atomic E-state index is 9.37. The highest BCUT2D eigenvalue weighted by Crippen LogP contribution is 1.96. The molecular weight excluding hydrogens is 140 g/mol. The van der Waals surface area contributed by atoms with Gasteiger partial charge in [0.25, 0.3) is 0 Å². The van der Waals surface area contributed by atoms with Gasteiger partial charge >= 0.3 is 5.97 Å². The van der Waals surface area contributed by atoms with Crippen molar-refractivity contribution in [2.24, 2.45) is 5.92 Å². The fraction of sp³-hybridized carbons (Fsp3) is 0.667. The monoisotopic (exact) mass is 157 g/mol. The normalized spacial score (nSPS) is 8.36. The first-order chi connectivity index (χ1) is 5.04. The minimum Gasteiger partial charge on any atom is -0.481 e. The highest BCUT2D eigenvalue weighted by Gasteiger charge is 1.82. The SMILES string of the molecule is CCC(=O)O.[CH]=CCC(C)C. The van der Waals surface area contributed by atoms with Crippen LogP contribution in [0.1, 0.15) is 33.6 Å². The molecule has 0 aliphatic carbocycles. The first kappa shape index (κ1) is 12.8. The second-order valence-electron chi connectivity index (χ2n) is 2.61. The molecule has 0 heterocycles. The molecule has 0 atom stereocenters. The minimum absolute atomic E-state index is 0.222. The second-order valence-corrected chi connectivity index (χ2v) is 2.61. The Hall–Kier alpha value is -0.790. The van der Waals surface area contributed by atoms with Crippen LogP contribution in [0.4, 0.5) is 0 Å². The Morgan fingerprint density at radius 2 is 2.00 bits per heavy atom. The Balaban J connectivity index is 0. The zero-order valence-corrected chi connectivity index (χ0v) is 7.50. The van der Waals surface area contributed by atoms with Crippen LogP contribution in [-0.2, 0) is 4.79 Å². The lowest BCUT2D eigenvalue weighted by Crippen LogP contribution is -1.86. The van der Waals surface area contributed by atoms with Crippen molar-refractivity contribution in [3.63, 3.8) is 0 Å². The number of carboxylic acids is 1. The number of carbonyl (C=O) groups is 1. The van der Waals surface area contributed by atoms with Crippen molar-refractivity contribution in [2.45, 2.75) is 33.6 Å². The Kier molecular flexibility index (Phi) is 10.8. The molecule has 0 aromatic rings. The number of carboxylic acid groups (broad SMARTS) is 1. The van der Waals surface area contributed by atoms with Crippen molar-refractivity contribution in [3.05, 3.63) is 12.7 Å². The van der Waals surface area contributed by atoms with Gasteiger partial charge in [-0.3, -0.25) is 4.79 Å². The van der Waals surface area contributed by atoms with E-state index in [1.807, 2.05) is 0 Å². The molecule has 0 unspecified atom stereocenters. The summed E-state index contributed by atoms with van der Waals surface area (Å²) in [6.45, 7) is 11.0. The summed E-state index contributed by atoms with van der Waals surface area (Å²) >= 11 is 0. The van der Waals surface area contributed by atoms with Crippen LogP contribution in [0.25, 0.3) is 0 Å². The van der Waals surface area contributed by atoms with Crippen LogP contribution < -0.4 is 0 Å². The van der Waals surface area contributed by atoms with Gasteiger partial charge < -0.3 is 5.11 Å². The van der Waals surface area contributed by atoms with Gasteiger partial charge in [0.05, 0.1) is 0 Å². The van der Waals surface area contributed by atoms with Gasteiger partial charge in [0, 0.05) is 6.42 Å². The number of allylic oxidation sites excluding steroid dienone is 1. The van der Waals surface area contributed by atoms with Crippen molar-refractivity contribution >= 4 is 5.97 Å². The summed E-state index contributed by atoms with van der Waals surface area (Å²) in [5.41, 5.74) is 0. The van der Waals surface area contributed by atoms with Crippen molar-refractivity contribution in [3.8, 4) is 0 Å². The molecule has 0 bridgehead atoms. The second kappa shape index (κ2) is 9.21. The lowest BCUT2D eigenvalue weighted by Gasteiger charge is -1.92. The Morgan fingerprint density at radius 3 is 2.00 bits per heavy atom. The molecule has 0 saturated heterocycles. The summed E-state index contributed by atoms with van der Waals surface area (Å²) in [4.78, 5) is 9.37. The zero-order valence-electron chi connectivity index (χ0n) is 7.50. The summed E-state index contributed by atoms with van der Waals surface area (Å²) in [7, 11) is 0. The number of rotatable bonds is 3. The van der Waals surface area contributed by atoms with Crippen molar-refractivity contribution in [2.75, 3.05) is 0 Å². The number of aliphatic carboxylic acids is 1. The average molecular weight is 157 g/mol. The van der Waals surface area contributed by atoms with E-state index < -0.39 is 5.97 Å². The zero-order chi connectivity index (χ0) is 9.28. The maximum Gasteiger partial charge on any atom is 0.303 e. The van der Waals surface area contributed by atoms with E-state index in [1.54, 1.807) is 13.0 Å². The Morgan fingerprint density at radius 1 is 1.64 bits per heavy atom. The van der Waals surface area contributed by atoms with Crippen LogP contribution in [0.3, 0.4) is 0 Å². The molecule has 0 aliphatic heterocycles. The van der Waals surface area contributed by atoms with Gasteiger partial charge in [-0.2, -0.15) is 0 Å². The lowest BCUT2D eigenvalue weighted by molar-refractivity contribution is -0.136. The van der Waals surface area contributed by atoms with Gasteiger partial charge in [-0.05, 0) is 12.3 Å². The standard InChI is InChI=1S/C6H11.C3H6O2/c1-4-5-6(2)3;1-2-3(4)5/h1,4,6H,5H2,2-3H3;2H2,1H3,(H,4,5). The van der Waals surface area contributed by atoms with E-state index in [9.17, 15) is 4.79 Å². The average Bonchev–Trinajstić information content (AvgIpc) is 1.89. The molecule has 0 amide bonds. The summed E-state index contributed by atoms with van der Waals surface area (Å²) in [6, 6.07) is 0. The first-order valence-corrected chi connectivity index (χ1v) is 3.79. The van der Waals surface area contributed by atoms with E-state index in [1.165, 1.54) is 0 Å². The molecular formula is C9H17O2. The van der Waals surface area contributed by atoms with Gasteiger partial charge in [0.15, 0.2) is 0 Å². The molecule has 0 aliphatic rings. The van der Waals surface area contributed by atoms with Gasteiger partial charge in [0.1, 0.15) is 0 Å². The molecule has 0 rings (SSSR count). The molecule has 2 heteroatoms. The van der Waals surface area contributed by atoms with Crippen LogP contribution in [0, 0.1) is 12.5 Å². The predicted molar refractivity (Wildman–Crippen MR) is 46.3 cm³/mol. The maximum absolute atomic E-state index is 9.37. The Bertz CT molecular complexity index is 106. The third kappa shape index (κ3) is 27.0. The van der Waals surface area contributed by atoms with Gasteiger partial charge in [-0.1, -0.05) is 33.4 Å². The fourth-order valence-corrected chi connectivity index (χ4v) is 0.272. The molecule has 2 nitrogen and oxygen atoms in total.